The van der Waals surface area contributed by atoms with Gasteiger partial charge in [-0.1, -0.05) is 6.07 Å². The summed E-state index contributed by atoms with van der Waals surface area (Å²) in [6.07, 6.45) is -0.718. The molecule has 7 heteroatoms. The van der Waals surface area contributed by atoms with Gasteiger partial charge < -0.3 is 10.5 Å². The first-order chi connectivity index (χ1) is 8.95. The summed E-state index contributed by atoms with van der Waals surface area (Å²) >= 11 is 0. The third-order valence-corrected chi connectivity index (χ3v) is 5.01. The molecule has 1 aliphatic heterocycles. The molecule has 0 radical (unpaired) electrons. The zero-order valence-corrected chi connectivity index (χ0v) is 11.4. The molecule has 0 bridgehead atoms. The van der Waals surface area contributed by atoms with Gasteiger partial charge in [0, 0.05) is 12.2 Å². The Bertz CT molecular complexity index is 622. The molecule has 0 spiro atoms. The fourth-order valence-electron chi connectivity index (χ4n) is 1.96. The molecule has 1 heterocycles. The number of sulfonamides is 1. The topological polar surface area (TPSA) is 96.4 Å². The highest BCUT2D eigenvalue weighted by Crippen LogP contribution is 2.23. The summed E-state index contributed by atoms with van der Waals surface area (Å²) in [6.45, 7) is 2.23. The van der Waals surface area contributed by atoms with Crippen molar-refractivity contribution in [1.82, 2.24) is 4.31 Å². The minimum atomic E-state index is -3.64. The number of rotatable bonds is 2. The molecule has 0 amide bonds. The van der Waals surface area contributed by atoms with Crippen molar-refractivity contribution in [2.45, 2.75) is 17.9 Å². The van der Waals surface area contributed by atoms with Gasteiger partial charge in [0.2, 0.25) is 10.0 Å². The molecule has 1 aromatic rings. The lowest BCUT2D eigenvalue weighted by Gasteiger charge is -2.29. The first-order valence-corrected chi connectivity index (χ1v) is 7.26. The van der Waals surface area contributed by atoms with Gasteiger partial charge in [0.15, 0.2) is 6.10 Å². The highest BCUT2D eigenvalue weighted by atomic mass is 32.2. The second kappa shape index (κ2) is 5.17. The maximum Gasteiger partial charge on any atom is 0.243 e. The van der Waals surface area contributed by atoms with Crippen LogP contribution in [0.4, 0.5) is 5.69 Å². The Morgan fingerprint density at radius 1 is 1.53 bits per heavy atom. The lowest BCUT2D eigenvalue weighted by molar-refractivity contribution is 0.0311. The Morgan fingerprint density at radius 3 is 2.95 bits per heavy atom. The van der Waals surface area contributed by atoms with Gasteiger partial charge in [-0.25, -0.2) is 8.42 Å². The van der Waals surface area contributed by atoms with Crippen molar-refractivity contribution in [2.75, 3.05) is 25.4 Å². The number of hydrogen-bond acceptors (Lipinski definition) is 5. The monoisotopic (exact) mass is 281 g/mol. The fourth-order valence-corrected chi connectivity index (χ4v) is 3.64. The third kappa shape index (κ3) is 2.71. The minimum absolute atomic E-state index is 0.0487. The average molecular weight is 281 g/mol. The van der Waals surface area contributed by atoms with Gasteiger partial charge in [-0.15, -0.1) is 0 Å². The van der Waals surface area contributed by atoms with Crippen molar-refractivity contribution < 1.29 is 13.2 Å². The van der Waals surface area contributed by atoms with E-state index < -0.39 is 16.1 Å². The molecule has 1 saturated heterocycles. The summed E-state index contributed by atoms with van der Waals surface area (Å²) in [5, 5.41) is 8.83. The standard InChI is InChI=1S/C12H15N3O3S/c1-9-2-3-10(14)6-12(9)19(16,17)15-4-5-18-11(7-13)8-15/h2-3,6,11H,4-5,8,14H2,1H3. The molecule has 1 unspecified atom stereocenters. The fraction of sp³-hybridized carbons (Fsp3) is 0.417. The molecule has 0 aliphatic carbocycles. The van der Waals surface area contributed by atoms with Crippen molar-refractivity contribution in [1.29, 1.82) is 5.26 Å². The molecule has 0 aromatic heterocycles. The molecule has 19 heavy (non-hydrogen) atoms. The van der Waals surface area contributed by atoms with Crippen molar-refractivity contribution in [3.8, 4) is 6.07 Å². The van der Waals surface area contributed by atoms with Gasteiger partial charge in [0.25, 0.3) is 0 Å². The van der Waals surface area contributed by atoms with Gasteiger partial charge >= 0.3 is 0 Å². The van der Waals surface area contributed by atoms with Crippen LogP contribution < -0.4 is 5.73 Å². The predicted octanol–water partition coefficient (Wildman–Crippen LogP) is 0.490. The Morgan fingerprint density at radius 2 is 2.26 bits per heavy atom. The van der Waals surface area contributed by atoms with E-state index in [0.29, 0.717) is 11.3 Å². The van der Waals surface area contributed by atoms with Crippen LogP contribution >= 0.6 is 0 Å². The van der Waals surface area contributed by atoms with Crippen molar-refractivity contribution >= 4 is 15.7 Å². The molecule has 6 nitrogen and oxygen atoms in total. The van der Waals surface area contributed by atoms with Gasteiger partial charge in [-0.2, -0.15) is 9.57 Å². The van der Waals surface area contributed by atoms with Gasteiger partial charge in [0.1, 0.15) is 0 Å². The van der Waals surface area contributed by atoms with Gasteiger partial charge in [-0.05, 0) is 24.6 Å². The number of nitriles is 1. The van der Waals surface area contributed by atoms with Crippen LogP contribution in [-0.4, -0.2) is 38.5 Å². The van der Waals surface area contributed by atoms with Crippen LogP contribution in [0.2, 0.25) is 0 Å². The van der Waals surface area contributed by atoms with E-state index >= 15 is 0 Å². The van der Waals surface area contributed by atoms with Crippen LogP contribution in [0.1, 0.15) is 5.56 Å². The first-order valence-electron chi connectivity index (χ1n) is 5.82. The summed E-state index contributed by atoms with van der Waals surface area (Å²) in [6, 6.07) is 6.71. The van der Waals surface area contributed by atoms with Gasteiger partial charge in [0.05, 0.1) is 24.1 Å². The van der Waals surface area contributed by atoms with Crippen molar-refractivity contribution in [2.24, 2.45) is 0 Å². The number of anilines is 1. The highest BCUT2D eigenvalue weighted by molar-refractivity contribution is 7.89. The van der Waals surface area contributed by atoms with Crippen LogP contribution in [0.15, 0.2) is 23.1 Å². The number of benzene rings is 1. The Balaban J connectivity index is 2.37. The van der Waals surface area contributed by atoms with Crippen LogP contribution in [-0.2, 0) is 14.8 Å². The summed E-state index contributed by atoms with van der Waals surface area (Å²) in [5.41, 5.74) is 6.68. The quantitative estimate of drug-likeness (QED) is 0.796. The molecule has 1 fully saturated rings. The Labute approximate surface area is 112 Å². The van der Waals surface area contributed by atoms with Crippen molar-refractivity contribution in [3.05, 3.63) is 23.8 Å². The molecule has 1 aromatic carbocycles. The van der Waals surface area contributed by atoms with E-state index in [4.69, 9.17) is 15.7 Å². The molecule has 1 atom stereocenters. The molecule has 2 rings (SSSR count). The lowest BCUT2D eigenvalue weighted by Crippen LogP contribution is -2.45. The summed E-state index contributed by atoms with van der Waals surface area (Å²) in [5.74, 6) is 0. The number of nitrogens with two attached hydrogens (primary N) is 1. The molecule has 2 N–H and O–H groups in total. The van der Waals surface area contributed by atoms with E-state index in [9.17, 15) is 8.42 Å². The van der Waals surface area contributed by atoms with Crippen LogP contribution in [0.3, 0.4) is 0 Å². The molecule has 1 aliphatic rings. The summed E-state index contributed by atoms with van der Waals surface area (Å²) < 4.78 is 31.5. The largest absolute Gasteiger partial charge is 0.399 e. The van der Waals surface area contributed by atoms with Crippen LogP contribution in [0.25, 0.3) is 0 Å². The molecule has 0 saturated carbocycles. The number of ether oxygens (including phenoxy) is 1. The van der Waals surface area contributed by atoms with E-state index in [1.165, 1.54) is 10.4 Å². The minimum Gasteiger partial charge on any atom is -0.399 e. The lowest BCUT2D eigenvalue weighted by atomic mass is 10.2. The number of aryl methyl sites for hydroxylation is 1. The average Bonchev–Trinajstić information content (AvgIpc) is 2.41. The SMILES string of the molecule is Cc1ccc(N)cc1S(=O)(=O)N1CCOC(C#N)C1. The van der Waals surface area contributed by atoms with Crippen LogP contribution in [0.5, 0.6) is 0 Å². The smallest absolute Gasteiger partial charge is 0.243 e. The molecular formula is C12H15N3O3S. The van der Waals surface area contributed by atoms with E-state index in [-0.39, 0.29) is 24.6 Å². The Hall–Kier alpha value is -1.62. The number of hydrogen-bond donors (Lipinski definition) is 1. The van der Waals surface area contributed by atoms with Crippen LogP contribution in [0, 0.1) is 18.3 Å². The van der Waals surface area contributed by atoms with E-state index in [0.717, 1.165) is 0 Å². The number of morpholine rings is 1. The normalized spacial score (nSPS) is 20.9. The zero-order chi connectivity index (χ0) is 14.0. The van der Waals surface area contributed by atoms with Crippen molar-refractivity contribution in [3.63, 3.8) is 0 Å². The predicted molar refractivity (Wildman–Crippen MR) is 69.7 cm³/mol. The number of nitrogen functional groups attached to an aromatic ring is 1. The third-order valence-electron chi connectivity index (χ3n) is 3.00. The second-order valence-corrected chi connectivity index (χ2v) is 6.28. The Kier molecular flexibility index (Phi) is 3.75. The summed E-state index contributed by atoms with van der Waals surface area (Å²) in [7, 11) is -3.64. The van der Waals surface area contributed by atoms with Gasteiger partial charge in [-0.3, -0.25) is 0 Å². The number of nitrogens with zero attached hydrogens (tertiary/aromatic N) is 2. The first kappa shape index (κ1) is 13.8. The highest BCUT2D eigenvalue weighted by Gasteiger charge is 2.31. The maximum atomic E-state index is 12.5. The zero-order valence-electron chi connectivity index (χ0n) is 10.5. The molecular weight excluding hydrogens is 266 g/mol. The van der Waals surface area contributed by atoms with E-state index in [1.54, 1.807) is 19.1 Å². The maximum absolute atomic E-state index is 12.5. The van der Waals surface area contributed by atoms with E-state index in [2.05, 4.69) is 0 Å². The van der Waals surface area contributed by atoms with E-state index in [1.807, 2.05) is 6.07 Å². The molecule has 102 valence electrons. The second-order valence-electron chi connectivity index (χ2n) is 4.38. The summed E-state index contributed by atoms with van der Waals surface area (Å²) in [4.78, 5) is 0.186.